The van der Waals surface area contributed by atoms with Gasteiger partial charge in [-0.1, -0.05) is 44.2 Å². The molecule has 5 N–H and O–H groups in total. The molecule has 1 aromatic heterocycles. The van der Waals surface area contributed by atoms with Gasteiger partial charge in [-0.2, -0.15) is 0 Å². The first-order chi connectivity index (χ1) is 20.3. The van der Waals surface area contributed by atoms with Crippen molar-refractivity contribution < 1.29 is 37.8 Å². The highest BCUT2D eigenvalue weighted by atomic mass is 19.1. The van der Waals surface area contributed by atoms with Crippen LogP contribution in [0.1, 0.15) is 57.8 Å². The van der Waals surface area contributed by atoms with Crippen molar-refractivity contribution in [2.45, 2.75) is 64.8 Å². The fraction of sp³-hybridized carbons (Fsp3) is 0.500. The predicted molar refractivity (Wildman–Crippen MR) is 156 cm³/mol. The summed E-state index contributed by atoms with van der Waals surface area (Å²) in [5, 5.41) is 13.7. The van der Waals surface area contributed by atoms with Gasteiger partial charge in [-0.05, 0) is 50.3 Å². The second-order valence-electron chi connectivity index (χ2n) is 11.2. The molecular weight excluding hydrogens is 564 g/mol. The molecule has 0 aliphatic carbocycles. The van der Waals surface area contributed by atoms with Gasteiger partial charge >= 0.3 is 11.9 Å². The molecule has 234 valence electrons. The zero-order valence-electron chi connectivity index (χ0n) is 24.7. The maximum atomic E-state index is 14.3. The fourth-order valence-electron chi connectivity index (χ4n) is 4.50. The standard InChI is InChI=1S/C30H39F2N5O6/c1-17(2)25(26(38)34-19(4)27(39)37-13-5-6-23(36-37)28(40)41)43-29(42)30(15-31,16-32)12-11-20-7-8-21-9-10-22(18(3)33)35-24(21)14-20/h7-12,14,17-19,23,25,36H,5-6,13,15-16,33H2,1-4H3,(H,34,38)(H,40,41)/b12-11+/t18?,19?,23-,25?/m0/s1. The second kappa shape index (κ2) is 14.5. The third-order valence-corrected chi connectivity index (χ3v) is 7.26. The first kappa shape index (κ1) is 33.5. The number of nitrogens with zero attached hydrogens (tertiary/aromatic N) is 2. The van der Waals surface area contributed by atoms with Gasteiger partial charge in [-0.15, -0.1) is 0 Å². The number of carboxylic acids is 1. The van der Waals surface area contributed by atoms with E-state index in [1.165, 1.54) is 13.0 Å². The number of carboxylic acid groups (broad SMARTS) is 1. The molecule has 11 nitrogen and oxygen atoms in total. The molecule has 0 radical (unpaired) electrons. The van der Waals surface area contributed by atoms with E-state index in [4.69, 9.17) is 10.5 Å². The quantitative estimate of drug-likeness (QED) is 0.267. The van der Waals surface area contributed by atoms with E-state index in [2.05, 4.69) is 15.7 Å². The average molecular weight is 604 g/mol. The Balaban J connectivity index is 1.74. The largest absolute Gasteiger partial charge is 0.480 e. The SMILES string of the molecule is CC(NC(=O)C(OC(=O)C(/C=C/c1ccc2ccc(C(C)N)nc2c1)(CF)CF)C(C)C)C(=O)N1CCC[C@@H](C(=O)O)N1. The van der Waals surface area contributed by atoms with Crippen molar-refractivity contribution in [3.8, 4) is 0 Å². The van der Waals surface area contributed by atoms with Crippen molar-refractivity contribution in [3.05, 3.63) is 47.7 Å². The number of carbonyl (C=O) groups is 4. The minimum absolute atomic E-state index is 0.244. The Kier molecular flexibility index (Phi) is 11.3. The number of hydrazine groups is 1. The maximum Gasteiger partial charge on any atom is 0.322 e. The van der Waals surface area contributed by atoms with Crippen LogP contribution in [-0.2, 0) is 23.9 Å². The number of aromatic nitrogens is 1. The second-order valence-corrected chi connectivity index (χ2v) is 11.2. The van der Waals surface area contributed by atoms with Crippen molar-refractivity contribution >= 4 is 40.7 Å². The molecule has 2 heterocycles. The van der Waals surface area contributed by atoms with E-state index < -0.39 is 66.6 Å². The van der Waals surface area contributed by atoms with Crippen LogP contribution in [0.4, 0.5) is 8.78 Å². The van der Waals surface area contributed by atoms with Gasteiger partial charge in [0.05, 0.1) is 11.2 Å². The average Bonchev–Trinajstić information content (AvgIpc) is 2.99. The number of alkyl halides is 2. The number of rotatable bonds is 12. The molecule has 13 heteroatoms. The van der Waals surface area contributed by atoms with E-state index in [9.17, 15) is 33.1 Å². The van der Waals surface area contributed by atoms with Crippen LogP contribution in [0.15, 0.2) is 36.4 Å². The van der Waals surface area contributed by atoms with Crippen molar-refractivity contribution in [3.63, 3.8) is 0 Å². The van der Waals surface area contributed by atoms with Gasteiger partial charge < -0.3 is 20.9 Å². The van der Waals surface area contributed by atoms with Gasteiger partial charge in [-0.3, -0.25) is 29.2 Å². The number of nitrogens with one attached hydrogen (secondary N) is 2. The Labute approximate surface area is 248 Å². The van der Waals surface area contributed by atoms with E-state index in [1.54, 1.807) is 39.0 Å². The highest BCUT2D eigenvalue weighted by Crippen LogP contribution is 2.27. The zero-order valence-corrected chi connectivity index (χ0v) is 24.7. The molecule has 1 aromatic carbocycles. The van der Waals surface area contributed by atoms with Crippen LogP contribution < -0.4 is 16.5 Å². The molecule has 1 fully saturated rings. The number of aliphatic carboxylic acids is 1. The maximum absolute atomic E-state index is 14.3. The molecule has 2 amide bonds. The Morgan fingerprint density at radius 1 is 1.19 bits per heavy atom. The molecule has 43 heavy (non-hydrogen) atoms. The Morgan fingerprint density at radius 3 is 2.47 bits per heavy atom. The first-order valence-corrected chi connectivity index (χ1v) is 14.1. The molecule has 2 aromatic rings. The van der Waals surface area contributed by atoms with Crippen LogP contribution in [0.5, 0.6) is 0 Å². The van der Waals surface area contributed by atoms with Crippen LogP contribution >= 0.6 is 0 Å². The molecule has 1 saturated heterocycles. The summed E-state index contributed by atoms with van der Waals surface area (Å²) in [4.78, 5) is 54.9. The van der Waals surface area contributed by atoms with Gasteiger partial charge in [0.1, 0.15) is 30.8 Å². The molecular formula is C30H39F2N5O6. The highest BCUT2D eigenvalue weighted by molar-refractivity contribution is 5.91. The number of halogens is 2. The van der Waals surface area contributed by atoms with E-state index in [0.717, 1.165) is 16.5 Å². The lowest BCUT2D eigenvalue weighted by molar-refractivity contribution is -0.168. The summed E-state index contributed by atoms with van der Waals surface area (Å²) in [6.07, 6.45) is 1.80. The van der Waals surface area contributed by atoms with Crippen LogP contribution in [0.2, 0.25) is 0 Å². The molecule has 0 bridgehead atoms. The molecule has 0 spiro atoms. The van der Waals surface area contributed by atoms with Gasteiger partial charge in [0.2, 0.25) is 0 Å². The Hall–Kier alpha value is -3.97. The highest BCUT2D eigenvalue weighted by Gasteiger charge is 2.42. The third-order valence-electron chi connectivity index (χ3n) is 7.26. The minimum Gasteiger partial charge on any atom is -0.480 e. The number of ether oxygens (including phenoxy) is 1. The van der Waals surface area contributed by atoms with Crippen LogP contribution in [0, 0.1) is 11.3 Å². The van der Waals surface area contributed by atoms with Crippen LogP contribution in [-0.4, -0.2) is 76.9 Å². The minimum atomic E-state index is -2.31. The van der Waals surface area contributed by atoms with E-state index in [-0.39, 0.29) is 12.6 Å². The Morgan fingerprint density at radius 2 is 1.86 bits per heavy atom. The first-order valence-electron chi connectivity index (χ1n) is 14.1. The number of esters is 1. The summed E-state index contributed by atoms with van der Waals surface area (Å²) in [5.41, 5.74) is 8.04. The van der Waals surface area contributed by atoms with E-state index >= 15 is 0 Å². The van der Waals surface area contributed by atoms with Gasteiger partial charge in [0, 0.05) is 18.0 Å². The summed E-state index contributed by atoms with van der Waals surface area (Å²) in [5.74, 6) is -4.41. The molecule has 1 aliphatic heterocycles. The molecule has 3 unspecified atom stereocenters. The van der Waals surface area contributed by atoms with Crippen molar-refractivity contribution in [2.75, 3.05) is 19.9 Å². The lowest BCUT2D eigenvalue weighted by Gasteiger charge is -2.34. The summed E-state index contributed by atoms with van der Waals surface area (Å²) in [6.45, 7) is 3.75. The summed E-state index contributed by atoms with van der Waals surface area (Å²) < 4.78 is 34.0. The Bertz CT molecular complexity index is 1360. The number of benzene rings is 1. The van der Waals surface area contributed by atoms with E-state index in [0.29, 0.717) is 29.6 Å². The predicted octanol–water partition coefficient (Wildman–Crippen LogP) is 2.85. The van der Waals surface area contributed by atoms with Gasteiger partial charge in [0.15, 0.2) is 6.10 Å². The topological polar surface area (TPSA) is 164 Å². The molecule has 1 aliphatic rings. The van der Waals surface area contributed by atoms with Gasteiger partial charge in [0.25, 0.3) is 11.8 Å². The lowest BCUT2D eigenvalue weighted by atomic mass is 9.89. The number of pyridine rings is 1. The van der Waals surface area contributed by atoms with E-state index in [1.807, 2.05) is 12.1 Å². The van der Waals surface area contributed by atoms with Crippen LogP contribution in [0.3, 0.4) is 0 Å². The van der Waals surface area contributed by atoms with Crippen molar-refractivity contribution in [2.24, 2.45) is 17.1 Å². The molecule has 4 atom stereocenters. The smallest absolute Gasteiger partial charge is 0.322 e. The lowest BCUT2D eigenvalue weighted by Crippen LogP contribution is -2.60. The number of carbonyl (C=O) groups excluding carboxylic acids is 3. The van der Waals surface area contributed by atoms with Crippen LogP contribution in [0.25, 0.3) is 17.0 Å². The number of fused-ring (bicyclic) bond motifs is 1. The normalized spacial score (nSPS) is 18.0. The summed E-state index contributed by atoms with van der Waals surface area (Å²) in [6, 6.07) is 6.52. The fourth-order valence-corrected chi connectivity index (χ4v) is 4.50. The van der Waals surface area contributed by atoms with Crippen molar-refractivity contribution in [1.29, 1.82) is 0 Å². The number of hydrogen-bond donors (Lipinski definition) is 4. The summed E-state index contributed by atoms with van der Waals surface area (Å²) in [7, 11) is 0. The molecule has 0 saturated carbocycles. The van der Waals surface area contributed by atoms with Crippen molar-refractivity contribution in [1.82, 2.24) is 20.7 Å². The zero-order chi connectivity index (χ0) is 31.9. The van der Waals surface area contributed by atoms with Gasteiger partial charge in [-0.25, -0.2) is 14.2 Å². The monoisotopic (exact) mass is 603 g/mol. The number of hydrogen-bond acceptors (Lipinski definition) is 8. The third kappa shape index (κ3) is 8.11. The summed E-state index contributed by atoms with van der Waals surface area (Å²) >= 11 is 0. The number of nitrogens with two attached hydrogens (primary N) is 1. The molecule has 3 rings (SSSR count). The number of amides is 2.